The smallest absolute Gasteiger partial charge is 0.343 e. The second-order valence-corrected chi connectivity index (χ2v) is 2.26. The van der Waals surface area contributed by atoms with Crippen LogP contribution in [-0.2, 0) is 0 Å². The van der Waals surface area contributed by atoms with Crippen molar-refractivity contribution in [3.05, 3.63) is 30.3 Å². The van der Waals surface area contributed by atoms with Gasteiger partial charge in [-0.15, -0.1) is 0 Å². The van der Waals surface area contributed by atoms with E-state index >= 15 is 0 Å². The third-order valence-electron chi connectivity index (χ3n) is 1.23. The zero-order chi connectivity index (χ0) is 11.0. The van der Waals surface area contributed by atoms with Gasteiger partial charge in [-0.3, -0.25) is 0 Å². The number of hydrazine groups is 2. The molecule has 0 aliphatic rings. The van der Waals surface area contributed by atoms with Crippen molar-refractivity contribution in [1.29, 1.82) is 0 Å². The lowest BCUT2D eigenvalue weighted by atomic mass is 10.3. The van der Waals surface area contributed by atoms with E-state index in [0.29, 0.717) is 5.12 Å². The minimum atomic E-state index is -0.852. The molecule has 0 spiro atoms. The summed E-state index contributed by atoms with van der Waals surface area (Å²) in [6.07, 6.45) is 0. The number of hydrogen-bond acceptors (Lipinski definition) is 4. The van der Waals surface area contributed by atoms with Crippen LogP contribution < -0.4 is 22.2 Å². The van der Waals surface area contributed by atoms with E-state index < -0.39 is 6.03 Å². The predicted octanol–water partition coefficient (Wildman–Crippen LogP) is -0.190. The Bertz CT molecular complexity index is 263. The number of methoxy groups -OCH3 is 1. The number of carbonyl (C=O) groups is 1. The summed E-state index contributed by atoms with van der Waals surface area (Å²) in [5.41, 5.74) is 4.47. The molecule has 6 N–H and O–H groups in total. The molecule has 2 amide bonds. The molecule has 14 heavy (non-hydrogen) atoms. The van der Waals surface area contributed by atoms with E-state index in [9.17, 15) is 4.79 Å². The van der Waals surface area contributed by atoms with Crippen LogP contribution in [0.4, 0.5) is 4.79 Å². The Hall–Kier alpha value is -1.79. The second-order valence-electron chi connectivity index (χ2n) is 2.26. The van der Waals surface area contributed by atoms with Crippen molar-refractivity contribution < 1.29 is 9.53 Å². The first-order chi connectivity index (χ1) is 6.57. The number of urea groups is 1. The van der Waals surface area contributed by atoms with Gasteiger partial charge in [-0.05, 0) is 12.1 Å². The lowest BCUT2D eigenvalue weighted by Crippen LogP contribution is -2.46. The number of nitrogens with two attached hydrogens (primary N) is 3. The van der Waals surface area contributed by atoms with E-state index in [-0.39, 0.29) is 0 Å². The standard InChI is InChI=1S/C7H8O.CH6N4O/c1-8-7-5-3-2-4-6-7;2-1(6)5(3)4/h2-6H,1H3;3-4H2,(H2,2,6). The summed E-state index contributed by atoms with van der Waals surface area (Å²) in [4.78, 5) is 9.60. The Morgan fingerprint density at radius 1 is 1.29 bits per heavy atom. The number of primary amides is 1. The number of benzene rings is 1. The molecule has 0 fully saturated rings. The Kier molecular flexibility index (Phi) is 5.84. The summed E-state index contributed by atoms with van der Waals surface area (Å²) in [7, 11) is 1.66. The molecule has 1 aromatic rings. The van der Waals surface area contributed by atoms with Crippen LogP contribution in [0.2, 0.25) is 0 Å². The SMILES string of the molecule is COc1ccccc1.NC(=O)N(N)N. The predicted molar refractivity (Wildman–Crippen MR) is 52.8 cm³/mol. The van der Waals surface area contributed by atoms with Crippen molar-refractivity contribution in [3.8, 4) is 5.75 Å². The van der Waals surface area contributed by atoms with Gasteiger partial charge in [0.15, 0.2) is 0 Å². The normalized spacial score (nSPS) is 8.21. The zero-order valence-corrected chi connectivity index (χ0v) is 7.88. The second kappa shape index (κ2) is 6.70. The number of rotatable bonds is 1. The van der Waals surface area contributed by atoms with Crippen molar-refractivity contribution in [2.24, 2.45) is 17.4 Å². The van der Waals surface area contributed by atoms with Gasteiger partial charge in [-0.25, -0.2) is 16.5 Å². The van der Waals surface area contributed by atoms with Gasteiger partial charge in [0.25, 0.3) is 0 Å². The molecule has 0 atom stereocenters. The van der Waals surface area contributed by atoms with Gasteiger partial charge in [0.05, 0.1) is 7.11 Å². The molecule has 0 heterocycles. The molecule has 0 bridgehead atoms. The largest absolute Gasteiger partial charge is 0.497 e. The molecule has 1 rings (SSSR count). The summed E-state index contributed by atoms with van der Waals surface area (Å²) in [5.74, 6) is 10.1. The molecular weight excluding hydrogens is 184 g/mol. The van der Waals surface area contributed by atoms with Crippen molar-refractivity contribution in [3.63, 3.8) is 0 Å². The van der Waals surface area contributed by atoms with E-state index in [1.54, 1.807) is 7.11 Å². The average molecular weight is 198 g/mol. The Balaban J connectivity index is 0.000000255. The van der Waals surface area contributed by atoms with Crippen LogP contribution in [0.3, 0.4) is 0 Å². The lowest BCUT2D eigenvalue weighted by Gasteiger charge is -2.00. The minimum Gasteiger partial charge on any atom is -0.497 e. The average Bonchev–Trinajstić information content (AvgIpc) is 2.20. The Morgan fingerprint density at radius 3 is 1.93 bits per heavy atom. The molecule has 1 aromatic carbocycles. The van der Waals surface area contributed by atoms with Gasteiger partial charge < -0.3 is 10.5 Å². The van der Waals surface area contributed by atoms with Gasteiger partial charge in [-0.2, -0.15) is 5.12 Å². The molecule has 6 nitrogen and oxygen atoms in total. The Morgan fingerprint density at radius 2 is 1.71 bits per heavy atom. The highest BCUT2D eigenvalue weighted by atomic mass is 16.5. The maximum absolute atomic E-state index is 9.60. The first kappa shape index (κ1) is 12.2. The third-order valence-corrected chi connectivity index (χ3v) is 1.23. The quantitative estimate of drug-likeness (QED) is 0.330. The fourth-order valence-corrected chi connectivity index (χ4v) is 0.557. The number of hydrogen-bond donors (Lipinski definition) is 3. The van der Waals surface area contributed by atoms with Gasteiger partial charge in [-0.1, -0.05) is 18.2 Å². The minimum absolute atomic E-state index is 0.306. The van der Waals surface area contributed by atoms with E-state index in [1.807, 2.05) is 30.3 Å². The number of carbonyl (C=O) groups excluding carboxylic acids is 1. The first-order valence-electron chi connectivity index (χ1n) is 3.76. The first-order valence-corrected chi connectivity index (χ1v) is 3.76. The lowest BCUT2D eigenvalue weighted by molar-refractivity contribution is 0.210. The van der Waals surface area contributed by atoms with Gasteiger partial charge in [0, 0.05) is 0 Å². The summed E-state index contributed by atoms with van der Waals surface area (Å²) in [5, 5.41) is 0.306. The van der Waals surface area contributed by atoms with Crippen molar-refractivity contribution in [2.75, 3.05) is 7.11 Å². The summed E-state index contributed by atoms with van der Waals surface area (Å²) < 4.78 is 4.91. The number of para-hydroxylation sites is 1. The highest BCUT2D eigenvalue weighted by Crippen LogP contribution is 2.05. The van der Waals surface area contributed by atoms with Crippen molar-refractivity contribution >= 4 is 6.03 Å². The van der Waals surface area contributed by atoms with Crippen LogP contribution in [0.5, 0.6) is 5.75 Å². The number of nitrogens with zero attached hydrogens (tertiary/aromatic N) is 1. The molecule has 0 unspecified atom stereocenters. The molecule has 0 saturated heterocycles. The zero-order valence-electron chi connectivity index (χ0n) is 7.88. The monoisotopic (exact) mass is 198 g/mol. The molecule has 0 aliphatic carbocycles. The topological polar surface area (TPSA) is 108 Å². The molecule has 0 aliphatic heterocycles. The van der Waals surface area contributed by atoms with Gasteiger partial charge in [0.1, 0.15) is 5.75 Å². The number of amides is 2. The van der Waals surface area contributed by atoms with Crippen molar-refractivity contribution in [2.45, 2.75) is 0 Å². The van der Waals surface area contributed by atoms with Crippen LogP contribution in [0.1, 0.15) is 0 Å². The van der Waals surface area contributed by atoms with E-state index in [2.05, 4.69) is 17.4 Å². The highest BCUT2D eigenvalue weighted by Gasteiger charge is 1.90. The fourth-order valence-electron chi connectivity index (χ4n) is 0.557. The van der Waals surface area contributed by atoms with Crippen LogP contribution >= 0.6 is 0 Å². The van der Waals surface area contributed by atoms with Crippen LogP contribution in [0, 0.1) is 0 Å². The van der Waals surface area contributed by atoms with E-state index in [4.69, 9.17) is 4.74 Å². The fraction of sp³-hybridized carbons (Fsp3) is 0.125. The van der Waals surface area contributed by atoms with Gasteiger partial charge >= 0.3 is 6.03 Å². The molecule has 6 heteroatoms. The molecular formula is C8H14N4O2. The van der Waals surface area contributed by atoms with E-state index in [0.717, 1.165) is 5.75 Å². The summed E-state index contributed by atoms with van der Waals surface area (Å²) in [6, 6.07) is 8.83. The van der Waals surface area contributed by atoms with E-state index in [1.165, 1.54) is 0 Å². The maximum atomic E-state index is 9.60. The third kappa shape index (κ3) is 5.81. The molecule has 78 valence electrons. The summed E-state index contributed by atoms with van der Waals surface area (Å²) >= 11 is 0. The van der Waals surface area contributed by atoms with Crippen LogP contribution in [0.15, 0.2) is 30.3 Å². The highest BCUT2D eigenvalue weighted by molar-refractivity contribution is 5.70. The molecule has 0 aromatic heterocycles. The number of ether oxygens (including phenoxy) is 1. The maximum Gasteiger partial charge on any atom is 0.343 e. The molecule has 0 radical (unpaired) electrons. The van der Waals surface area contributed by atoms with Crippen molar-refractivity contribution in [1.82, 2.24) is 5.12 Å². The van der Waals surface area contributed by atoms with Gasteiger partial charge in [0.2, 0.25) is 0 Å². The van der Waals surface area contributed by atoms with Crippen LogP contribution in [-0.4, -0.2) is 18.3 Å². The van der Waals surface area contributed by atoms with Crippen LogP contribution in [0.25, 0.3) is 0 Å². The Labute approximate surface area is 82.2 Å². The summed E-state index contributed by atoms with van der Waals surface area (Å²) in [6.45, 7) is 0. The molecule has 0 saturated carbocycles.